The van der Waals surface area contributed by atoms with E-state index >= 15 is 0 Å². The lowest BCUT2D eigenvalue weighted by molar-refractivity contribution is -0.148. The molecule has 1 aliphatic carbocycles. The molecule has 1 fully saturated rings. The number of carboxylic acids is 1. The van der Waals surface area contributed by atoms with Crippen LogP contribution in [0.15, 0.2) is 0 Å². The Morgan fingerprint density at radius 2 is 1.94 bits per heavy atom. The number of hydrogen-bond acceptors (Lipinski definition) is 3. The Kier molecular flexibility index (Phi) is 3.57. The van der Waals surface area contributed by atoms with E-state index in [4.69, 9.17) is 10.8 Å². The van der Waals surface area contributed by atoms with E-state index in [1.165, 1.54) is 0 Å². The summed E-state index contributed by atoms with van der Waals surface area (Å²) in [6.07, 6.45) is 1.69. The van der Waals surface area contributed by atoms with Crippen molar-refractivity contribution in [3.8, 4) is 0 Å². The van der Waals surface area contributed by atoms with Gasteiger partial charge in [-0.15, -0.1) is 0 Å². The highest BCUT2D eigenvalue weighted by atomic mass is 16.4. The van der Waals surface area contributed by atoms with Crippen LogP contribution >= 0.6 is 0 Å². The highest BCUT2D eigenvalue weighted by Gasteiger charge is 2.49. The lowest BCUT2D eigenvalue weighted by Crippen LogP contribution is -2.58. The van der Waals surface area contributed by atoms with Crippen molar-refractivity contribution < 1.29 is 14.7 Å². The van der Waals surface area contributed by atoms with Crippen LogP contribution in [-0.4, -0.2) is 28.6 Å². The molecule has 0 bridgehead atoms. The quantitative estimate of drug-likeness (QED) is 0.632. The summed E-state index contributed by atoms with van der Waals surface area (Å²) in [6.45, 7) is 5.22. The lowest BCUT2D eigenvalue weighted by Gasteiger charge is -2.28. The Hall–Kier alpha value is -1.10. The first-order chi connectivity index (χ1) is 7.29. The van der Waals surface area contributed by atoms with Gasteiger partial charge in [-0.2, -0.15) is 0 Å². The van der Waals surface area contributed by atoms with E-state index in [9.17, 15) is 9.59 Å². The molecule has 0 spiro atoms. The topological polar surface area (TPSA) is 92.4 Å². The zero-order chi connectivity index (χ0) is 12.5. The zero-order valence-electron chi connectivity index (χ0n) is 9.99. The van der Waals surface area contributed by atoms with E-state index in [1.807, 2.05) is 13.8 Å². The fourth-order valence-corrected chi connectivity index (χ4v) is 1.63. The van der Waals surface area contributed by atoms with Crippen LogP contribution in [0.4, 0.5) is 0 Å². The first-order valence-electron chi connectivity index (χ1n) is 5.60. The summed E-state index contributed by atoms with van der Waals surface area (Å²) in [5.41, 5.74) is 4.52. The number of nitrogens with one attached hydrogen (secondary N) is 1. The number of carbonyl (C=O) groups is 2. The summed E-state index contributed by atoms with van der Waals surface area (Å²) in [7, 11) is 0. The Balaban J connectivity index is 2.69. The third-order valence-electron chi connectivity index (χ3n) is 3.24. The summed E-state index contributed by atoms with van der Waals surface area (Å²) in [5.74, 6) is -1.34. The summed E-state index contributed by atoms with van der Waals surface area (Å²) < 4.78 is 0. The first kappa shape index (κ1) is 13.0. The monoisotopic (exact) mass is 228 g/mol. The van der Waals surface area contributed by atoms with Gasteiger partial charge in [0.05, 0.1) is 6.04 Å². The molecule has 16 heavy (non-hydrogen) atoms. The number of carboxylic acid groups (broad SMARTS) is 1. The molecule has 1 rings (SSSR count). The molecule has 0 heterocycles. The molecule has 5 nitrogen and oxygen atoms in total. The molecule has 92 valence electrons. The van der Waals surface area contributed by atoms with Gasteiger partial charge in [0, 0.05) is 0 Å². The number of hydrogen-bond donors (Lipinski definition) is 3. The van der Waals surface area contributed by atoms with Gasteiger partial charge < -0.3 is 16.2 Å². The second-order valence-corrected chi connectivity index (χ2v) is 5.04. The van der Waals surface area contributed by atoms with Crippen LogP contribution in [0.3, 0.4) is 0 Å². The van der Waals surface area contributed by atoms with Crippen molar-refractivity contribution >= 4 is 11.9 Å². The van der Waals surface area contributed by atoms with Gasteiger partial charge in [-0.3, -0.25) is 4.79 Å². The number of carbonyl (C=O) groups excluding carboxylic acids is 1. The molecule has 0 aliphatic heterocycles. The van der Waals surface area contributed by atoms with E-state index in [0.717, 1.165) is 12.8 Å². The molecule has 1 aliphatic rings. The van der Waals surface area contributed by atoms with Crippen molar-refractivity contribution in [2.45, 2.75) is 45.2 Å². The molecule has 0 aromatic carbocycles. The largest absolute Gasteiger partial charge is 0.480 e. The van der Waals surface area contributed by atoms with Gasteiger partial charge in [0.15, 0.2) is 0 Å². The van der Waals surface area contributed by atoms with E-state index in [0.29, 0.717) is 0 Å². The maximum Gasteiger partial charge on any atom is 0.329 e. The van der Waals surface area contributed by atoms with Gasteiger partial charge in [-0.05, 0) is 31.6 Å². The van der Waals surface area contributed by atoms with Crippen molar-refractivity contribution in [1.82, 2.24) is 5.32 Å². The van der Waals surface area contributed by atoms with E-state index in [2.05, 4.69) is 5.32 Å². The van der Waals surface area contributed by atoms with E-state index < -0.39 is 17.6 Å². The molecule has 1 unspecified atom stereocenters. The smallest absolute Gasteiger partial charge is 0.329 e. The molecule has 0 aromatic rings. The molecular formula is C11H20N2O3. The van der Waals surface area contributed by atoms with Crippen LogP contribution in [0.25, 0.3) is 0 Å². The van der Waals surface area contributed by atoms with Gasteiger partial charge >= 0.3 is 5.97 Å². The number of nitrogens with two attached hydrogens (primary N) is 1. The third kappa shape index (κ3) is 2.52. The lowest BCUT2D eigenvalue weighted by atomic mass is 9.94. The summed E-state index contributed by atoms with van der Waals surface area (Å²) in [5, 5.41) is 11.7. The zero-order valence-corrected chi connectivity index (χ0v) is 9.99. The molecular weight excluding hydrogens is 208 g/mol. The summed E-state index contributed by atoms with van der Waals surface area (Å²) in [4.78, 5) is 22.9. The fourth-order valence-electron chi connectivity index (χ4n) is 1.63. The van der Waals surface area contributed by atoms with Crippen molar-refractivity contribution in [1.29, 1.82) is 0 Å². The van der Waals surface area contributed by atoms with Gasteiger partial charge in [0.1, 0.15) is 5.54 Å². The van der Waals surface area contributed by atoms with Crippen molar-refractivity contribution in [3.05, 3.63) is 0 Å². The second kappa shape index (κ2) is 4.41. The predicted molar refractivity (Wildman–Crippen MR) is 59.7 cm³/mol. The first-order valence-corrected chi connectivity index (χ1v) is 5.60. The number of aliphatic carboxylic acids is 1. The Morgan fingerprint density at radius 3 is 2.25 bits per heavy atom. The second-order valence-electron chi connectivity index (χ2n) is 5.04. The van der Waals surface area contributed by atoms with E-state index in [1.54, 1.807) is 6.92 Å². The Morgan fingerprint density at radius 1 is 1.44 bits per heavy atom. The summed E-state index contributed by atoms with van der Waals surface area (Å²) >= 11 is 0. The highest BCUT2D eigenvalue weighted by Crippen LogP contribution is 2.39. The maximum atomic E-state index is 11.7. The van der Waals surface area contributed by atoms with Crippen LogP contribution in [-0.2, 0) is 9.59 Å². The summed E-state index contributed by atoms with van der Waals surface area (Å²) in [6, 6.07) is -0.655. The molecule has 2 atom stereocenters. The normalized spacial score (nSPS) is 21.3. The number of rotatable bonds is 5. The Labute approximate surface area is 95.4 Å². The van der Waals surface area contributed by atoms with Crippen molar-refractivity contribution in [2.75, 3.05) is 0 Å². The van der Waals surface area contributed by atoms with Crippen LogP contribution in [0.2, 0.25) is 0 Å². The average molecular weight is 228 g/mol. The van der Waals surface area contributed by atoms with Gasteiger partial charge in [-0.1, -0.05) is 13.8 Å². The number of amides is 1. The predicted octanol–water partition coefficient (Wildman–Crippen LogP) is 0.339. The fraction of sp³-hybridized carbons (Fsp3) is 0.818. The highest BCUT2D eigenvalue weighted by molar-refractivity contribution is 5.89. The average Bonchev–Trinajstić information content (AvgIpc) is 2.98. The van der Waals surface area contributed by atoms with Crippen LogP contribution in [0, 0.1) is 11.8 Å². The van der Waals surface area contributed by atoms with Crippen molar-refractivity contribution in [3.63, 3.8) is 0 Å². The third-order valence-corrected chi connectivity index (χ3v) is 3.24. The van der Waals surface area contributed by atoms with Gasteiger partial charge in [0.2, 0.25) is 5.91 Å². The van der Waals surface area contributed by atoms with E-state index in [-0.39, 0.29) is 17.7 Å². The minimum Gasteiger partial charge on any atom is -0.480 e. The molecule has 1 saturated carbocycles. The van der Waals surface area contributed by atoms with Crippen LogP contribution < -0.4 is 11.1 Å². The minimum absolute atomic E-state index is 0.00255. The molecule has 1 amide bonds. The maximum absolute atomic E-state index is 11.7. The van der Waals surface area contributed by atoms with Gasteiger partial charge in [0.25, 0.3) is 0 Å². The van der Waals surface area contributed by atoms with Gasteiger partial charge in [-0.25, -0.2) is 4.79 Å². The standard InChI is InChI=1S/C11H20N2O3/c1-6(2)8(12)9(14)13-11(3,10(15)16)7-4-5-7/h6-8H,4-5,12H2,1-3H3,(H,13,14)(H,15,16)/t8-,11?/m0/s1. The molecule has 5 heteroatoms. The van der Waals surface area contributed by atoms with Crippen molar-refractivity contribution in [2.24, 2.45) is 17.6 Å². The minimum atomic E-state index is -1.16. The van der Waals surface area contributed by atoms with Crippen LogP contribution in [0.1, 0.15) is 33.6 Å². The molecule has 0 aromatic heterocycles. The molecule has 4 N–H and O–H groups in total. The SMILES string of the molecule is CC(C)[C@H](N)C(=O)NC(C)(C(=O)O)C1CC1. The Bertz CT molecular complexity index is 300. The molecule has 0 saturated heterocycles. The van der Waals surface area contributed by atoms with Crippen LogP contribution in [0.5, 0.6) is 0 Å². The molecule has 0 radical (unpaired) electrons.